The normalized spacial score (nSPS) is 10.5. The van der Waals surface area contributed by atoms with Gasteiger partial charge < -0.3 is 20.6 Å². The third-order valence-electron chi connectivity index (χ3n) is 2.19. The predicted octanol–water partition coefficient (Wildman–Crippen LogP) is 1.62. The lowest BCUT2D eigenvalue weighted by Crippen LogP contribution is -2.13. The molecule has 0 aliphatic carbocycles. The van der Waals surface area contributed by atoms with Gasteiger partial charge in [0.25, 0.3) is 6.43 Å². The minimum atomic E-state index is -3.01. The molecule has 7 nitrogen and oxygen atoms in total. The third-order valence-corrected chi connectivity index (χ3v) is 2.19. The molecular weight excluding hydrogens is 264 g/mol. The number of rotatable bonds is 5. The molecule has 1 aromatic heterocycles. The number of carbonyl (C=O) groups is 1. The van der Waals surface area contributed by atoms with Crippen LogP contribution in [0.1, 0.15) is 24.5 Å². The molecule has 9 heteroatoms. The summed E-state index contributed by atoms with van der Waals surface area (Å²) in [7, 11) is 0. The highest BCUT2D eigenvalue weighted by Gasteiger charge is 2.28. The van der Waals surface area contributed by atoms with Crippen molar-refractivity contribution in [1.82, 2.24) is 4.98 Å². The van der Waals surface area contributed by atoms with E-state index in [4.69, 9.17) is 5.73 Å². The first kappa shape index (κ1) is 14.7. The van der Waals surface area contributed by atoms with Crippen molar-refractivity contribution in [3.63, 3.8) is 0 Å². The Kier molecular flexibility index (Phi) is 4.67. The number of halogens is 2. The molecule has 0 radical (unpaired) electrons. The van der Waals surface area contributed by atoms with Crippen LogP contribution in [0, 0.1) is 10.1 Å². The molecule has 0 aliphatic heterocycles. The lowest BCUT2D eigenvalue weighted by Gasteiger charge is -2.08. The number of anilines is 1. The molecule has 0 atom stereocenters. The summed E-state index contributed by atoms with van der Waals surface area (Å²) in [6, 6.07) is 0.812. The summed E-state index contributed by atoms with van der Waals surface area (Å²) in [6.07, 6.45) is -3.66. The van der Waals surface area contributed by atoms with Crippen molar-refractivity contribution < 1.29 is 23.2 Å². The van der Waals surface area contributed by atoms with Gasteiger partial charge in [0.15, 0.2) is 0 Å². The van der Waals surface area contributed by atoms with Gasteiger partial charge in [0, 0.05) is 11.6 Å². The molecule has 0 unspecified atom stereocenters. The van der Waals surface area contributed by atoms with Crippen LogP contribution < -0.4 is 5.73 Å². The maximum Gasteiger partial charge on any atom is 0.370 e. The fourth-order valence-corrected chi connectivity index (χ4v) is 1.48. The van der Waals surface area contributed by atoms with Gasteiger partial charge in [0.1, 0.15) is 0 Å². The maximum absolute atomic E-state index is 12.8. The number of nitrogens with zero attached hydrogens (tertiary/aromatic N) is 2. The number of alkyl halides is 2. The summed E-state index contributed by atoms with van der Waals surface area (Å²) >= 11 is 0. The fraction of sp³-hybridized carbons (Fsp3) is 0.400. The van der Waals surface area contributed by atoms with E-state index in [0.29, 0.717) is 0 Å². The zero-order valence-corrected chi connectivity index (χ0v) is 9.93. The van der Waals surface area contributed by atoms with Crippen molar-refractivity contribution in [3.05, 3.63) is 27.3 Å². The van der Waals surface area contributed by atoms with Gasteiger partial charge in [-0.15, -0.1) is 0 Å². The van der Waals surface area contributed by atoms with Crippen molar-refractivity contribution in [3.8, 4) is 0 Å². The number of esters is 1. The Morgan fingerprint density at radius 2 is 2.26 bits per heavy atom. The Balaban J connectivity index is 3.31. The number of nitrogen functional groups attached to an aromatic ring is 1. The molecule has 0 amide bonds. The summed E-state index contributed by atoms with van der Waals surface area (Å²) in [5, 5.41) is 10.8. The number of ether oxygens (including phenoxy) is 1. The van der Waals surface area contributed by atoms with E-state index in [9.17, 15) is 23.7 Å². The quantitative estimate of drug-likeness (QED) is 0.497. The van der Waals surface area contributed by atoms with Gasteiger partial charge in [-0.05, 0) is 16.8 Å². The second-order valence-corrected chi connectivity index (χ2v) is 3.48. The topological polar surface area (TPSA) is 108 Å². The first-order valence-corrected chi connectivity index (χ1v) is 5.24. The largest absolute Gasteiger partial charge is 0.466 e. The van der Waals surface area contributed by atoms with Crippen LogP contribution in [0.3, 0.4) is 0 Å². The molecule has 0 bridgehead atoms. The van der Waals surface area contributed by atoms with Crippen molar-refractivity contribution in [2.45, 2.75) is 19.8 Å². The first-order chi connectivity index (χ1) is 8.86. The SMILES string of the molecule is CCOC(=O)Cc1c(C(F)F)cc(N)nc1[N+](=O)[O-]. The number of hydrogen-bond acceptors (Lipinski definition) is 6. The molecule has 19 heavy (non-hydrogen) atoms. The van der Waals surface area contributed by atoms with E-state index in [1.165, 1.54) is 6.92 Å². The van der Waals surface area contributed by atoms with Gasteiger partial charge in [-0.2, -0.15) is 0 Å². The molecule has 0 saturated heterocycles. The second kappa shape index (κ2) is 6.03. The van der Waals surface area contributed by atoms with Gasteiger partial charge in [0.05, 0.1) is 18.6 Å². The molecule has 0 aromatic carbocycles. The Labute approximate surface area is 106 Å². The highest BCUT2D eigenvalue weighted by molar-refractivity contribution is 5.75. The van der Waals surface area contributed by atoms with Gasteiger partial charge in [-0.3, -0.25) is 4.79 Å². The average Bonchev–Trinajstić information content (AvgIpc) is 2.30. The molecule has 1 rings (SSSR count). The van der Waals surface area contributed by atoms with Crippen LogP contribution in [-0.2, 0) is 16.0 Å². The van der Waals surface area contributed by atoms with E-state index in [1.807, 2.05) is 0 Å². The summed E-state index contributed by atoms with van der Waals surface area (Å²) in [5.74, 6) is -2.11. The monoisotopic (exact) mass is 275 g/mol. The molecular formula is C10H11F2N3O4. The Bertz CT molecular complexity index is 508. The molecule has 1 heterocycles. The first-order valence-electron chi connectivity index (χ1n) is 5.24. The molecule has 0 spiro atoms. The van der Waals surface area contributed by atoms with E-state index in [2.05, 4.69) is 9.72 Å². The number of nitro groups is 1. The fourth-order valence-electron chi connectivity index (χ4n) is 1.48. The summed E-state index contributed by atoms with van der Waals surface area (Å²) in [6.45, 7) is 1.57. The van der Waals surface area contributed by atoms with Crippen molar-refractivity contribution in [2.75, 3.05) is 12.3 Å². The van der Waals surface area contributed by atoms with E-state index < -0.39 is 46.5 Å². The zero-order chi connectivity index (χ0) is 14.6. The van der Waals surface area contributed by atoms with Gasteiger partial charge in [0.2, 0.25) is 5.82 Å². The van der Waals surface area contributed by atoms with Gasteiger partial charge in [-0.25, -0.2) is 8.78 Å². The summed E-state index contributed by atoms with van der Waals surface area (Å²) < 4.78 is 30.2. The number of hydrogen-bond donors (Lipinski definition) is 1. The van der Waals surface area contributed by atoms with Crippen LogP contribution in [0.4, 0.5) is 20.4 Å². The van der Waals surface area contributed by atoms with E-state index >= 15 is 0 Å². The van der Waals surface area contributed by atoms with Crippen molar-refractivity contribution in [2.24, 2.45) is 0 Å². The number of aromatic nitrogens is 1. The van der Waals surface area contributed by atoms with Crippen molar-refractivity contribution in [1.29, 1.82) is 0 Å². The molecule has 1 aromatic rings. The molecule has 0 saturated carbocycles. The zero-order valence-electron chi connectivity index (χ0n) is 9.93. The number of carbonyl (C=O) groups excluding carboxylic acids is 1. The van der Waals surface area contributed by atoms with Gasteiger partial charge >= 0.3 is 11.8 Å². The van der Waals surface area contributed by atoms with Crippen LogP contribution in [0.2, 0.25) is 0 Å². The van der Waals surface area contributed by atoms with Crippen LogP contribution in [0.5, 0.6) is 0 Å². The summed E-state index contributed by atoms with van der Waals surface area (Å²) in [5.41, 5.74) is 4.06. The standard InChI is InChI=1S/C10H11F2N3O4/c1-2-19-8(16)4-6-5(9(11)12)3-7(13)14-10(6)15(17)18/h3,9H,2,4H2,1H3,(H2,13,14). The van der Waals surface area contributed by atoms with Crippen LogP contribution in [0.15, 0.2) is 6.07 Å². The van der Waals surface area contributed by atoms with E-state index in [0.717, 1.165) is 6.07 Å². The highest BCUT2D eigenvalue weighted by Crippen LogP contribution is 2.30. The summed E-state index contributed by atoms with van der Waals surface area (Å²) in [4.78, 5) is 24.5. The van der Waals surface area contributed by atoms with Crippen LogP contribution in [0.25, 0.3) is 0 Å². The highest BCUT2D eigenvalue weighted by atomic mass is 19.3. The van der Waals surface area contributed by atoms with E-state index in [-0.39, 0.29) is 6.61 Å². The number of nitrogens with two attached hydrogens (primary N) is 1. The van der Waals surface area contributed by atoms with Crippen LogP contribution in [-0.4, -0.2) is 22.5 Å². The molecule has 0 fully saturated rings. The predicted molar refractivity (Wildman–Crippen MR) is 60.6 cm³/mol. The molecule has 104 valence electrons. The minimum Gasteiger partial charge on any atom is -0.466 e. The molecule has 0 aliphatic rings. The van der Waals surface area contributed by atoms with Gasteiger partial charge in [-0.1, -0.05) is 0 Å². The number of pyridine rings is 1. The average molecular weight is 275 g/mol. The molecule has 2 N–H and O–H groups in total. The smallest absolute Gasteiger partial charge is 0.370 e. The Hall–Kier alpha value is -2.32. The Morgan fingerprint density at radius 1 is 1.63 bits per heavy atom. The van der Waals surface area contributed by atoms with Crippen molar-refractivity contribution >= 4 is 17.6 Å². The lowest BCUT2D eigenvalue weighted by atomic mass is 10.1. The lowest BCUT2D eigenvalue weighted by molar-refractivity contribution is -0.390. The maximum atomic E-state index is 12.8. The van der Waals surface area contributed by atoms with Crippen LogP contribution >= 0.6 is 0 Å². The Morgan fingerprint density at radius 3 is 2.74 bits per heavy atom. The second-order valence-electron chi connectivity index (χ2n) is 3.48. The van der Waals surface area contributed by atoms with E-state index in [1.54, 1.807) is 0 Å². The minimum absolute atomic E-state index is 0.0407. The third kappa shape index (κ3) is 3.57.